The maximum atomic E-state index is 12.4. The van der Waals surface area contributed by atoms with E-state index >= 15 is 0 Å². The van der Waals surface area contributed by atoms with Crippen LogP contribution >= 0.6 is 11.6 Å². The van der Waals surface area contributed by atoms with Gasteiger partial charge in [-0.1, -0.05) is 11.6 Å². The van der Waals surface area contributed by atoms with Gasteiger partial charge in [-0.05, 0) is 0 Å². The average Bonchev–Trinajstić information content (AvgIpc) is 2.11. The average molecular weight is 311 g/mol. The molecule has 0 aliphatic carbocycles. The number of halogens is 7. The number of hydrogen-bond acceptors (Lipinski definition) is 4. The maximum Gasteiger partial charge on any atom is 0.573 e. The number of rotatable bonds is 2. The molecule has 0 bridgehead atoms. The SMILES string of the molecule is O=[N+]([O-])c1c(Cl)cnc(C(F)(F)F)c1OC(F)(F)F. The predicted octanol–water partition coefficient (Wildman–Crippen LogP) is 3.56. The molecule has 0 saturated heterocycles. The number of nitro groups is 1. The zero-order valence-corrected chi connectivity index (χ0v) is 9.10. The molecule has 0 N–H and O–H groups in total. The Morgan fingerprint density at radius 2 is 1.79 bits per heavy atom. The second-order valence-corrected chi connectivity index (χ2v) is 3.34. The van der Waals surface area contributed by atoms with Crippen molar-refractivity contribution in [3.05, 3.63) is 27.0 Å². The van der Waals surface area contributed by atoms with Gasteiger partial charge in [0.1, 0.15) is 5.02 Å². The molecule has 0 aromatic carbocycles. The van der Waals surface area contributed by atoms with Crippen LogP contribution in [0.15, 0.2) is 6.20 Å². The lowest BCUT2D eigenvalue weighted by Crippen LogP contribution is -2.22. The first-order valence-corrected chi connectivity index (χ1v) is 4.47. The van der Waals surface area contributed by atoms with Crippen LogP contribution in [0, 0.1) is 10.1 Å². The molecule has 0 atom stereocenters. The van der Waals surface area contributed by atoms with Crippen LogP contribution in [0.5, 0.6) is 5.75 Å². The normalized spacial score (nSPS) is 12.4. The van der Waals surface area contributed by atoms with E-state index in [1.54, 1.807) is 0 Å². The molecule has 1 aromatic rings. The summed E-state index contributed by atoms with van der Waals surface area (Å²) in [6, 6.07) is 0. The molecule has 0 fully saturated rings. The highest BCUT2D eigenvalue weighted by atomic mass is 35.5. The molecule has 0 spiro atoms. The Bertz CT molecular complexity index is 515. The monoisotopic (exact) mass is 310 g/mol. The Hall–Kier alpha value is -1.78. The number of nitrogens with zero attached hydrogens (tertiary/aromatic N) is 2. The Kier molecular flexibility index (Phi) is 3.79. The summed E-state index contributed by atoms with van der Waals surface area (Å²) in [5.74, 6) is -2.10. The zero-order valence-electron chi connectivity index (χ0n) is 8.34. The molecule has 5 nitrogen and oxygen atoms in total. The lowest BCUT2D eigenvalue weighted by Gasteiger charge is -2.14. The molecule has 12 heteroatoms. The van der Waals surface area contributed by atoms with Crippen molar-refractivity contribution in [2.75, 3.05) is 0 Å². The van der Waals surface area contributed by atoms with E-state index in [0.29, 0.717) is 0 Å². The Morgan fingerprint density at radius 3 is 2.16 bits per heavy atom. The van der Waals surface area contributed by atoms with Crippen molar-refractivity contribution in [1.29, 1.82) is 0 Å². The molecule has 1 rings (SSSR count). The molecule has 19 heavy (non-hydrogen) atoms. The molecule has 0 saturated carbocycles. The van der Waals surface area contributed by atoms with E-state index in [1.165, 1.54) is 0 Å². The van der Waals surface area contributed by atoms with E-state index in [9.17, 15) is 36.5 Å². The number of aromatic nitrogens is 1. The Balaban J connectivity index is 3.59. The minimum Gasteiger partial charge on any atom is -0.396 e. The van der Waals surface area contributed by atoms with Crippen molar-refractivity contribution < 1.29 is 36.0 Å². The van der Waals surface area contributed by atoms with Crippen molar-refractivity contribution in [2.45, 2.75) is 12.5 Å². The van der Waals surface area contributed by atoms with Gasteiger partial charge >= 0.3 is 18.2 Å². The minimum absolute atomic E-state index is 0.214. The van der Waals surface area contributed by atoms with Gasteiger partial charge in [0.2, 0.25) is 5.75 Å². The van der Waals surface area contributed by atoms with Gasteiger partial charge in [0.25, 0.3) is 0 Å². The van der Waals surface area contributed by atoms with E-state index in [2.05, 4.69) is 9.72 Å². The summed E-state index contributed by atoms with van der Waals surface area (Å²) in [4.78, 5) is 11.5. The first-order valence-electron chi connectivity index (χ1n) is 4.09. The summed E-state index contributed by atoms with van der Waals surface area (Å²) >= 11 is 5.16. The van der Waals surface area contributed by atoms with E-state index in [1.807, 2.05) is 0 Å². The molecule has 1 aromatic heterocycles. The Morgan fingerprint density at radius 1 is 1.26 bits per heavy atom. The van der Waals surface area contributed by atoms with E-state index in [4.69, 9.17) is 11.6 Å². The molecule has 0 aliphatic heterocycles. The van der Waals surface area contributed by atoms with Crippen LogP contribution in [0.1, 0.15) is 5.69 Å². The fourth-order valence-electron chi connectivity index (χ4n) is 1.05. The number of ether oxygens (including phenoxy) is 1. The summed E-state index contributed by atoms with van der Waals surface area (Å²) in [6.07, 6.45) is -10.7. The molecular formula is C7HClF6N2O3. The molecule has 1 heterocycles. The van der Waals surface area contributed by atoms with Crippen LogP contribution in [-0.4, -0.2) is 16.3 Å². The standard InChI is InChI=1S/C7HClF6N2O3/c8-2-1-15-5(6(9,10)11)4(3(2)16(17)18)19-7(12,13)14/h1H. The molecule has 0 radical (unpaired) electrons. The predicted molar refractivity (Wildman–Crippen MR) is 47.6 cm³/mol. The van der Waals surface area contributed by atoms with Crippen molar-refractivity contribution in [3.8, 4) is 5.75 Å². The third-order valence-electron chi connectivity index (χ3n) is 1.63. The van der Waals surface area contributed by atoms with E-state index < -0.39 is 39.6 Å². The first kappa shape index (κ1) is 15.3. The van der Waals surface area contributed by atoms with Gasteiger partial charge in [0, 0.05) is 0 Å². The van der Waals surface area contributed by atoms with Gasteiger partial charge in [0.05, 0.1) is 11.1 Å². The molecular weight excluding hydrogens is 310 g/mol. The van der Waals surface area contributed by atoms with Crippen molar-refractivity contribution in [2.24, 2.45) is 0 Å². The summed E-state index contributed by atoms with van der Waals surface area (Å²) in [5, 5.41) is 9.47. The zero-order chi connectivity index (χ0) is 15.0. The van der Waals surface area contributed by atoms with Gasteiger partial charge in [-0.15, -0.1) is 13.2 Å². The van der Waals surface area contributed by atoms with Crippen molar-refractivity contribution in [3.63, 3.8) is 0 Å². The van der Waals surface area contributed by atoms with Gasteiger partial charge in [0.15, 0.2) is 5.69 Å². The van der Waals surface area contributed by atoms with Crippen LogP contribution in [0.3, 0.4) is 0 Å². The fraction of sp³-hybridized carbons (Fsp3) is 0.286. The lowest BCUT2D eigenvalue weighted by atomic mass is 10.2. The van der Waals surface area contributed by atoms with E-state index in [-0.39, 0.29) is 6.20 Å². The van der Waals surface area contributed by atoms with Gasteiger partial charge in [-0.3, -0.25) is 10.1 Å². The maximum absolute atomic E-state index is 12.4. The van der Waals surface area contributed by atoms with Gasteiger partial charge in [-0.25, -0.2) is 4.98 Å². The second kappa shape index (κ2) is 4.72. The quantitative estimate of drug-likeness (QED) is 0.476. The Labute approximate surface area is 104 Å². The number of hydrogen-bond donors (Lipinski definition) is 0. The van der Waals surface area contributed by atoms with Crippen LogP contribution in [0.25, 0.3) is 0 Å². The highest BCUT2D eigenvalue weighted by Crippen LogP contribution is 2.45. The minimum atomic E-state index is -5.57. The molecule has 106 valence electrons. The fourth-order valence-corrected chi connectivity index (χ4v) is 1.25. The topological polar surface area (TPSA) is 65.3 Å². The number of alkyl halides is 6. The van der Waals surface area contributed by atoms with Crippen LogP contribution < -0.4 is 4.74 Å². The smallest absolute Gasteiger partial charge is 0.396 e. The first-order chi connectivity index (χ1) is 8.43. The van der Waals surface area contributed by atoms with Gasteiger partial charge in [-0.2, -0.15) is 13.2 Å². The lowest BCUT2D eigenvalue weighted by molar-refractivity contribution is -0.389. The van der Waals surface area contributed by atoms with Crippen LogP contribution in [0.4, 0.5) is 32.0 Å². The number of pyridine rings is 1. The molecule has 0 amide bonds. The summed E-state index contributed by atoms with van der Waals surface area (Å²) in [5.41, 5.74) is -3.86. The van der Waals surface area contributed by atoms with Crippen molar-refractivity contribution >= 4 is 17.3 Å². The third-order valence-corrected chi connectivity index (χ3v) is 1.91. The molecule has 0 aliphatic rings. The molecule has 0 unspecified atom stereocenters. The third kappa shape index (κ3) is 3.59. The van der Waals surface area contributed by atoms with Gasteiger partial charge < -0.3 is 4.74 Å². The highest BCUT2D eigenvalue weighted by molar-refractivity contribution is 6.32. The summed E-state index contributed by atoms with van der Waals surface area (Å²) in [6.45, 7) is 0. The highest BCUT2D eigenvalue weighted by Gasteiger charge is 2.45. The van der Waals surface area contributed by atoms with E-state index in [0.717, 1.165) is 0 Å². The second-order valence-electron chi connectivity index (χ2n) is 2.94. The van der Waals surface area contributed by atoms with Crippen molar-refractivity contribution in [1.82, 2.24) is 4.98 Å². The summed E-state index contributed by atoms with van der Waals surface area (Å²) in [7, 11) is 0. The van der Waals surface area contributed by atoms with Crippen LogP contribution in [-0.2, 0) is 6.18 Å². The largest absolute Gasteiger partial charge is 0.573 e. The summed E-state index contributed by atoms with van der Waals surface area (Å²) < 4.78 is 76.3. The van der Waals surface area contributed by atoms with Crippen LogP contribution in [0.2, 0.25) is 5.02 Å².